The number of hydrogen-bond donors (Lipinski definition) is 1. The van der Waals surface area contributed by atoms with E-state index in [0.717, 1.165) is 25.7 Å². The lowest BCUT2D eigenvalue weighted by Crippen LogP contribution is -2.42. The van der Waals surface area contributed by atoms with Gasteiger partial charge in [0.2, 0.25) is 0 Å². The number of nitrogens with zero attached hydrogens (tertiary/aromatic N) is 5. The monoisotopic (exact) mass is 289 g/mol. The van der Waals surface area contributed by atoms with E-state index in [4.69, 9.17) is 0 Å². The first-order valence-electron chi connectivity index (χ1n) is 7.13. The Hall–Kier alpha value is -2.02. The van der Waals surface area contributed by atoms with E-state index in [-0.39, 0.29) is 5.91 Å². The summed E-state index contributed by atoms with van der Waals surface area (Å²) < 4.78 is 1.55. The normalized spacial score (nSPS) is 17.3. The molecule has 2 heterocycles. The van der Waals surface area contributed by atoms with Crippen molar-refractivity contribution in [2.75, 3.05) is 13.6 Å². The number of fused-ring (bicyclic) bond motifs is 1. The zero-order valence-electron chi connectivity index (χ0n) is 12.3. The number of likely N-dealkylation sites (N-methyl/N-ethyl adjacent to an activating group) is 1. The van der Waals surface area contributed by atoms with Crippen LogP contribution in [0.3, 0.4) is 0 Å². The highest BCUT2D eigenvalue weighted by Gasteiger charge is 2.34. The van der Waals surface area contributed by atoms with Crippen molar-refractivity contribution in [2.24, 2.45) is 0 Å². The van der Waals surface area contributed by atoms with Crippen molar-refractivity contribution in [3.05, 3.63) is 23.8 Å². The van der Waals surface area contributed by atoms with Gasteiger partial charge in [-0.2, -0.15) is 10.1 Å². The van der Waals surface area contributed by atoms with Crippen LogP contribution in [0.25, 0.3) is 5.78 Å². The Labute approximate surface area is 122 Å². The summed E-state index contributed by atoms with van der Waals surface area (Å²) in [4.78, 5) is 22.3. The number of carbonyl (C=O) groups excluding carboxylic acids is 1. The van der Waals surface area contributed by atoms with Gasteiger partial charge in [-0.15, -0.1) is 0 Å². The standard InChI is InChI=1S/C14H19N5O2/c1-10-11(7-15-13-16-9-17-19(10)13)12(20)18(2)8-14(21)5-3-4-6-14/h7,9,21H,3-6,8H2,1-2H3. The molecule has 1 N–H and O–H groups in total. The van der Waals surface area contributed by atoms with Crippen LogP contribution < -0.4 is 0 Å². The van der Waals surface area contributed by atoms with E-state index in [0.29, 0.717) is 23.6 Å². The second-order valence-corrected chi connectivity index (χ2v) is 5.82. The van der Waals surface area contributed by atoms with E-state index in [9.17, 15) is 9.90 Å². The number of aliphatic hydroxyl groups is 1. The first-order valence-corrected chi connectivity index (χ1v) is 7.13. The molecule has 7 nitrogen and oxygen atoms in total. The summed E-state index contributed by atoms with van der Waals surface area (Å²) in [6.07, 6.45) is 6.48. The summed E-state index contributed by atoms with van der Waals surface area (Å²) >= 11 is 0. The van der Waals surface area contributed by atoms with Crippen LogP contribution in [0.1, 0.15) is 41.7 Å². The summed E-state index contributed by atoms with van der Waals surface area (Å²) in [5, 5.41) is 14.5. The molecule has 2 aromatic rings. The Balaban J connectivity index is 1.84. The van der Waals surface area contributed by atoms with Crippen LogP contribution in [-0.4, -0.2) is 54.7 Å². The fourth-order valence-electron chi connectivity index (χ4n) is 3.01. The quantitative estimate of drug-likeness (QED) is 0.904. The maximum Gasteiger partial charge on any atom is 0.257 e. The fraction of sp³-hybridized carbons (Fsp3) is 0.571. The lowest BCUT2D eigenvalue weighted by Gasteiger charge is -2.28. The molecule has 0 spiro atoms. The largest absolute Gasteiger partial charge is 0.388 e. The molecule has 0 aliphatic heterocycles. The topological polar surface area (TPSA) is 83.6 Å². The van der Waals surface area contributed by atoms with Gasteiger partial charge in [-0.3, -0.25) is 4.79 Å². The number of aryl methyl sites for hydroxylation is 1. The van der Waals surface area contributed by atoms with E-state index in [1.54, 1.807) is 16.5 Å². The predicted octanol–water partition coefficient (Wildman–Crippen LogP) is 0.810. The highest BCUT2D eigenvalue weighted by molar-refractivity contribution is 5.95. The average Bonchev–Trinajstić information content (AvgIpc) is 3.07. The Morgan fingerprint density at radius 1 is 1.43 bits per heavy atom. The van der Waals surface area contributed by atoms with E-state index in [1.165, 1.54) is 12.5 Å². The minimum Gasteiger partial charge on any atom is -0.388 e. The summed E-state index contributed by atoms with van der Waals surface area (Å²) in [6.45, 7) is 2.16. The summed E-state index contributed by atoms with van der Waals surface area (Å²) in [6, 6.07) is 0. The zero-order chi connectivity index (χ0) is 15.0. The van der Waals surface area contributed by atoms with Gasteiger partial charge in [0.1, 0.15) is 6.33 Å². The molecular weight excluding hydrogens is 270 g/mol. The van der Waals surface area contributed by atoms with Crippen LogP contribution >= 0.6 is 0 Å². The fourth-order valence-corrected chi connectivity index (χ4v) is 3.01. The molecule has 21 heavy (non-hydrogen) atoms. The molecule has 3 rings (SSSR count). The van der Waals surface area contributed by atoms with Crippen LogP contribution in [0, 0.1) is 6.92 Å². The second-order valence-electron chi connectivity index (χ2n) is 5.82. The maximum atomic E-state index is 12.6. The first-order chi connectivity index (χ1) is 10.0. The number of aromatic nitrogens is 4. The van der Waals surface area contributed by atoms with Crippen molar-refractivity contribution in [1.82, 2.24) is 24.5 Å². The molecule has 1 saturated carbocycles. The maximum absolute atomic E-state index is 12.6. The third-order valence-electron chi connectivity index (χ3n) is 4.19. The highest BCUT2D eigenvalue weighted by atomic mass is 16.3. The lowest BCUT2D eigenvalue weighted by molar-refractivity contribution is 0.0156. The molecule has 2 aromatic heterocycles. The van der Waals surface area contributed by atoms with Gasteiger partial charge >= 0.3 is 0 Å². The third kappa shape index (κ3) is 2.49. The van der Waals surface area contributed by atoms with Crippen LogP contribution in [0.4, 0.5) is 0 Å². The molecule has 1 amide bonds. The van der Waals surface area contributed by atoms with E-state index >= 15 is 0 Å². The van der Waals surface area contributed by atoms with Crippen LogP contribution in [0.2, 0.25) is 0 Å². The van der Waals surface area contributed by atoms with Gasteiger partial charge in [-0.1, -0.05) is 12.8 Å². The molecule has 112 valence electrons. The van der Waals surface area contributed by atoms with Crippen molar-refractivity contribution in [3.8, 4) is 0 Å². The molecule has 1 aliphatic carbocycles. The molecular formula is C14H19N5O2. The molecule has 1 fully saturated rings. The zero-order valence-corrected chi connectivity index (χ0v) is 12.3. The van der Waals surface area contributed by atoms with E-state index in [2.05, 4.69) is 15.1 Å². The average molecular weight is 289 g/mol. The van der Waals surface area contributed by atoms with Crippen molar-refractivity contribution >= 4 is 11.7 Å². The van der Waals surface area contributed by atoms with Crippen molar-refractivity contribution in [3.63, 3.8) is 0 Å². The van der Waals surface area contributed by atoms with Gasteiger partial charge in [-0.05, 0) is 19.8 Å². The summed E-state index contributed by atoms with van der Waals surface area (Å²) in [5.74, 6) is 0.318. The van der Waals surface area contributed by atoms with E-state index in [1.807, 2.05) is 6.92 Å². The molecule has 0 saturated heterocycles. The minimum absolute atomic E-state index is 0.155. The number of amides is 1. The van der Waals surface area contributed by atoms with E-state index < -0.39 is 5.60 Å². The molecule has 0 atom stereocenters. The Morgan fingerprint density at radius 2 is 2.14 bits per heavy atom. The molecule has 0 aromatic carbocycles. The third-order valence-corrected chi connectivity index (χ3v) is 4.19. The van der Waals surface area contributed by atoms with Gasteiger partial charge in [0, 0.05) is 19.8 Å². The Bertz CT molecular complexity index is 675. The van der Waals surface area contributed by atoms with Crippen molar-refractivity contribution in [2.45, 2.75) is 38.2 Å². The molecule has 1 aliphatic rings. The number of carbonyl (C=O) groups is 1. The van der Waals surface area contributed by atoms with Crippen molar-refractivity contribution < 1.29 is 9.90 Å². The van der Waals surface area contributed by atoms with Gasteiger partial charge in [0.15, 0.2) is 0 Å². The van der Waals surface area contributed by atoms with Gasteiger partial charge < -0.3 is 10.0 Å². The predicted molar refractivity (Wildman–Crippen MR) is 75.9 cm³/mol. The lowest BCUT2D eigenvalue weighted by atomic mass is 10.0. The van der Waals surface area contributed by atoms with Gasteiger partial charge in [-0.25, -0.2) is 9.50 Å². The van der Waals surface area contributed by atoms with Crippen LogP contribution in [-0.2, 0) is 0 Å². The van der Waals surface area contributed by atoms with Crippen LogP contribution in [0.5, 0.6) is 0 Å². The first kappa shape index (κ1) is 13.9. The molecule has 0 bridgehead atoms. The second kappa shape index (κ2) is 5.07. The van der Waals surface area contributed by atoms with Gasteiger partial charge in [0.25, 0.3) is 11.7 Å². The Kier molecular flexibility index (Phi) is 3.36. The highest BCUT2D eigenvalue weighted by Crippen LogP contribution is 2.30. The minimum atomic E-state index is -0.747. The van der Waals surface area contributed by atoms with Crippen molar-refractivity contribution in [1.29, 1.82) is 0 Å². The number of rotatable bonds is 3. The molecule has 0 unspecified atom stereocenters. The molecule has 0 radical (unpaired) electrons. The Morgan fingerprint density at radius 3 is 2.86 bits per heavy atom. The molecule has 7 heteroatoms. The van der Waals surface area contributed by atoms with Crippen LogP contribution in [0.15, 0.2) is 12.5 Å². The summed E-state index contributed by atoms with van der Waals surface area (Å²) in [7, 11) is 1.71. The number of hydrogen-bond acceptors (Lipinski definition) is 5. The smallest absolute Gasteiger partial charge is 0.257 e. The summed E-state index contributed by atoms with van der Waals surface area (Å²) in [5.41, 5.74) is 0.438. The SMILES string of the molecule is Cc1c(C(=O)N(C)CC2(O)CCCC2)cnc2ncnn12. The van der Waals surface area contributed by atoms with Gasteiger partial charge in [0.05, 0.1) is 16.9 Å².